The van der Waals surface area contributed by atoms with Gasteiger partial charge in [-0.3, -0.25) is 9.59 Å². The molecule has 8 heteroatoms. The zero-order valence-corrected chi connectivity index (χ0v) is 24.7. The maximum Gasteiger partial charge on any atom is 0.336 e. The van der Waals surface area contributed by atoms with Gasteiger partial charge in [0.05, 0.1) is 11.1 Å². The first kappa shape index (κ1) is 28.8. The van der Waals surface area contributed by atoms with Gasteiger partial charge in [-0.1, -0.05) is 66.7 Å². The molecule has 0 radical (unpaired) electrons. The number of carbonyl (C=O) groups is 3. The molecule has 0 aliphatic heterocycles. The number of nitrogens with zero attached hydrogens (tertiary/aromatic N) is 1. The fraction of sp³-hybridized carbons (Fsp3) is 0.0833. The summed E-state index contributed by atoms with van der Waals surface area (Å²) >= 11 is 1.37. The van der Waals surface area contributed by atoms with Crippen LogP contribution < -0.4 is 10.6 Å². The van der Waals surface area contributed by atoms with E-state index in [1.807, 2.05) is 66.7 Å². The van der Waals surface area contributed by atoms with E-state index in [0.29, 0.717) is 11.4 Å². The number of aromatic nitrogens is 1. The molecule has 5 aromatic carbocycles. The van der Waals surface area contributed by atoms with Crippen LogP contribution in [0.1, 0.15) is 38.5 Å². The Morgan fingerprint density at radius 3 is 2.16 bits per heavy atom. The third-order valence-electron chi connectivity index (χ3n) is 7.44. The smallest absolute Gasteiger partial charge is 0.336 e. The van der Waals surface area contributed by atoms with Crippen molar-refractivity contribution in [3.05, 3.63) is 138 Å². The van der Waals surface area contributed by atoms with Gasteiger partial charge >= 0.3 is 5.97 Å². The number of anilines is 2. The molecule has 1 atom stereocenters. The Balaban J connectivity index is 1.26. The molecule has 218 valence electrons. The Kier molecular flexibility index (Phi) is 8.16. The van der Waals surface area contributed by atoms with Crippen LogP contribution in [0, 0.1) is 0 Å². The Morgan fingerprint density at radius 1 is 0.705 bits per heavy atom. The third-order valence-corrected chi connectivity index (χ3v) is 8.69. The third kappa shape index (κ3) is 5.80. The standard InChI is InChI=1S/C36H29N3O4S/c1-2-39-31-18-9-8-15-27(31)30-22-25(19-20-32(30)39)38-35(41)33(23-11-4-3-5-12-23)44-26-14-10-13-24(21-26)37-34(40)28-16-6-7-17-29(28)36(42)43/h3-22,33H,2H2,1H3,(H,37,40)(H,38,41)(H,42,43). The summed E-state index contributed by atoms with van der Waals surface area (Å²) in [6.07, 6.45) is 0. The first-order valence-corrected chi connectivity index (χ1v) is 15.1. The lowest BCUT2D eigenvalue weighted by molar-refractivity contribution is -0.115. The first-order valence-electron chi connectivity index (χ1n) is 14.2. The van der Waals surface area contributed by atoms with Crippen molar-refractivity contribution in [3.8, 4) is 0 Å². The second-order valence-corrected chi connectivity index (χ2v) is 11.4. The number of benzene rings is 5. The molecular weight excluding hydrogens is 570 g/mol. The number of carboxylic acid groups (broad SMARTS) is 1. The van der Waals surface area contributed by atoms with Gasteiger partial charge < -0.3 is 20.3 Å². The fourth-order valence-corrected chi connectivity index (χ4v) is 6.51. The number of aryl methyl sites for hydroxylation is 1. The van der Waals surface area contributed by atoms with Gasteiger partial charge in [0.2, 0.25) is 5.91 Å². The van der Waals surface area contributed by atoms with Crippen LogP contribution in [-0.2, 0) is 11.3 Å². The quantitative estimate of drug-likeness (QED) is 0.145. The predicted molar refractivity (Wildman–Crippen MR) is 177 cm³/mol. The van der Waals surface area contributed by atoms with E-state index in [-0.39, 0.29) is 17.0 Å². The van der Waals surface area contributed by atoms with Crippen molar-refractivity contribution in [3.63, 3.8) is 0 Å². The summed E-state index contributed by atoms with van der Waals surface area (Å²) in [6.45, 7) is 2.96. The van der Waals surface area contributed by atoms with Crippen LogP contribution in [0.5, 0.6) is 0 Å². The largest absolute Gasteiger partial charge is 0.478 e. The van der Waals surface area contributed by atoms with Crippen molar-refractivity contribution in [1.29, 1.82) is 0 Å². The van der Waals surface area contributed by atoms with Gasteiger partial charge in [-0.15, -0.1) is 11.8 Å². The number of hydrogen-bond acceptors (Lipinski definition) is 4. The summed E-state index contributed by atoms with van der Waals surface area (Å²) in [7, 11) is 0. The van der Waals surface area contributed by atoms with Gasteiger partial charge in [0.1, 0.15) is 5.25 Å². The molecule has 0 aliphatic carbocycles. The van der Waals surface area contributed by atoms with Crippen molar-refractivity contribution < 1.29 is 19.5 Å². The normalized spacial score (nSPS) is 11.8. The Hall–Kier alpha value is -5.34. The molecule has 1 heterocycles. The highest BCUT2D eigenvalue weighted by Crippen LogP contribution is 2.38. The zero-order chi connectivity index (χ0) is 30.6. The molecule has 0 bridgehead atoms. The predicted octanol–water partition coefficient (Wildman–Crippen LogP) is 8.24. The molecule has 3 N–H and O–H groups in total. The number of rotatable bonds is 9. The molecule has 0 aliphatic rings. The number of nitrogens with one attached hydrogen (secondary N) is 2. The van der Waals surface area contributed by atoms with Crippen LogP contribution >= 0.6 is 11.8 Å². The van der Waals surface area contributed by atoms with E-state index in [2.05, 4.69) is 34.3 Å². The summed E-state index contributed by atoms with van der Waals surface area (Å²) in [5.41, 5.74) is 4.30. The maximum atomic E-state index is 13.9. The summed E-state index contributed by atoms with van der Waals surface area (Å²) in [4.78, 5) is 39.2. The lowest BCUT2D eigenvalue weighted by atomic mass is 10.1. The van der Waals surface area contributed by atoms with Gasteiger partial charge in [-0.2, -0.15) is 0 Å². The minimum Gasteiger partial charge on any atom is -0.478 e. The lowest BCUT2D eigenvalue weighted by Gasteiger charge is -2.18. The Labute approximate surface area is 258 Å². The molecule has 6 rings (SSSR count). The number of para-hydroxylation sites is 1. The summed E-state index contributed by atoms with van der Waals surface area (Å²) in [6, 6.07) is 37.1. The van der Waals surface area contributed by atoms with Crippen molar-refractivity contribution in [2.75, 3.05) is 10.6 Å². The van der Waals surface area contributed by atoms with Crippen molar-refractivity contribution in [2.24, 2.45) is 0 Å². The number of carboxylic acids is 1. The van der Waals surface area contributed by atoms with Crippen molar-refractivity contribution in [1.82, 2.24) is 4.57 Å². The van der Waals surface area contributed by atoms with E-state index < -0.39 is 17.1 Å². The summed E-state index contributed by atoms with van der Waals surface area (Å²) < 4.78 is 2.27. The van der Waals surface area contributed by atoms with Crippen LogP contribution in [0.15, 0.2) is 126 Å². The first-order chi connectivity index (χ1) is 21.4. The highest BCUT2D eigenvalue weighted by Gasteiger charge is 2.23. The molecule has 0 saturated carbocycles. The number of thioether (sulfide) groups is 1. The number of amides is 2. The van der Waals surface area contributed by atoms with Crippen LogP contribution in [0.25, 0.3) is 21.8 Å². The van der Waals surface area contributed by atoms with E-state index in [0.717, 1.165) is 38.8 Å². The van der Waals surface area contributed by atoms with Crippen LogP contribution in [0.4, 0.5) is 11.4 Å². The summed E-state index contributed by atoms with van der Waals surface area (Å²) in [5, 5.41) is 17.0. The minimum atomic E-state index is -1.17. The highest BCUT2D eigenvalue weighted by molar-refractivity contribution is 8.00. The van der Waals surface area contributed by atoms with Gasteiger partial charge in [0, 0.05) is 44.6 Å². The Bertz CT molecular complexity index is 2020. The minimum absolute atomic E-state index is 0.0682. The van der Waals surface area contributed by atoms with Crippen LogP contribution in [-0.4, -0.2) is 27.5 Å². The summed E-state index contributed by atoms with van der Waals surface area (Å²) in [5.74, 6) is -1.88. The molecule has 0 saturated heterocycles. The number of hydrogen-bond donors (Lipinski definition) is 3. The molecule has 0 fully saturated rings. The highest BCUT2D eigenvalue weighted by atomic mass is 32.2. The molecule has 44 heavy (non-hydrogen) atoms. The molecule has 0 spiro atoms. The molecule has 6 aromatic rings. The van der Waals surface area contributed by atoms with Crippen LogP contribution in [0.2, 0.25) is 0 Å². The van der Waals surface area contributed by atoms with Crippen molar-refractivity contribution in [2.45, 2.75) is 23.6 Å². The number of carbonyl (C=O) groups excluding carboxylic acids is 2. The van der Waals surface area contributed by atoms with Gasteiger partial charge in [0.15, 0.2) is 0 Å². The SMILES string of the molecule is CCn1c2ccccc2c2cc(NC(=O)C(Sc3cccc(NC(=O)c4ccccc4C(=O)O)c3)c3ccccc3)ccc21. The second-order valence-electron chi connectivity index (χ2n) is 10.2. The monoisotopic (exact) mass is 599 g/mol. The van der Waals surface area contributed by atoms with Crippen molar-refractivity contribution >= 4 is 62.7 Å². The second kappa shape index (κ2) is 12.5. The van der Waals surface area contributed by atoms with Gasteiger partial charge in [0.25, 0.3) is 5.91 Å². The average molecular weight is 600 g/mol. The topological polar surface area (TPSA) is 100 Å². The average Bonchev–Trinajstić information content (AvgIpc) is 3.37. The lowest BCUT2D eigenvalue weighted by Crippen LogP contribution is -2.19. The molecular formula is C36H29N3O4S. The Morgan fingerprint density at radius 2 is 1.39 bits per heavy atom. The molecule has 1 aromatic heterocycles. The van der Waals surface area contributed by atoms with Crippen LogP contribution in [0.3, 0.4) is 0 Å². The van der Waals surface area contributed by atoms with E-state index in [1.54, 1.807) is 30.3 Å². The van der Waals surface area contributed by atoms with E-state index in [4.69, 9.17) is 0 Å². The van der Waals surface area contributed by atoms with E-state index in [1.165, 1.54) is 23.9 Å². The van der Waals surface area contributed by atoms with Gasteiger partial charge in [-0.25, -0.2) is 4.79 Å². The number of fused-ring (bicyclic) bond motifs is 3. The number of aromatic carboxylic acids is 1. The molecule has 1 unspecified atom stereocenters. The zero-order valence-electron chi connectivity index (χ0n) is 23.9. The van der Waals surface area contributed by atoms with E-state index >= 15 is 0 Å². The van der Waals surface area contributed by atoms with Gasteiger partial charge in [-0.05, 0) is 67.1 Å². The van der Waals surface area contributed by atoms with E-state index in [9.17, 15) is 19.5 Å². The molecule has 7 nitrogen and oxygen atoms in total. The molecule has 2 amide bonds. The maximum absolute atomic E-state index is 13.9. The fourth-order valence-electron chi connectivity index (χ4n) is 5.43.